The number of carbonyl (C=O) groups excluding carboxylic acids is 1. The van der Waals surface area contributed by atoms with Crippen LogP contribution in [0.3, 0.4) is 0 Å². The zero-order chi connectivity index (χ0) is 10.8. The molecule has 0 bridgehead atoms. The lowest BCUT2D eigenvalue weighted by Gasteiger charge is -2.04. The summed E-state index contributed by atoms with van der Waals surface area (Å²) < 4.78 is 0. The van der Waals surface area contributed by atoms with Gasteiger partial charge in [0, 0.05) is 17.2 Å². The van der Waals surface area contributed by atoms with Gasteiger partial charge in [-0.15, -0.1) is 0 Å². The summed E-state index contributed by atoms with van der Waals surface area (Å²) in [5.74, 6) is -0.0457. The van der Waals surface area contributed by atoms with E-state index in [1.54, 1.807) is 24.3 Å². The third-order valence-corrected chi connectivity index (χ3v) is 2.56. The molecule has 1 aliphatic carbocycles. The zero-order valence-electron chi connectivity index (χ0n) is 8.19. The van der Waals surface area contributed by atoms with E-state index in [-0.39, 0.29) is 5.91 Å². The molecule has 1 aromatic carbocycles. The highest BCUT2D eigenvalue weighted by atomic mass is 32.1. The van der Waals surface area contributed by atoms with Gasteiger partial charge in [-0.2, -0.15) is 0 Å². The fraction of sp³-hybridized carbons (Fsp3) is 0.273. The quantitative estimate of drug-likeness (QED) is 0.753. The maximum absolute atomic E-state index is 11.7. The van der Waals surface area contributed by atoms with Crippen molar-refractivity contribution in [3.8, 4) is 0 Å². The van der Waals surface area contributed by atoms with Crippen molar-refractivity contribution in [1.82, 2.24) is 5.32 Å². The topological polar surface area (TPSA) is 55.1 Å². The van der Waals surface area contributed by atoms with E-state index in [1.165, 1.54) is 0 Å². The normalized spacial score (nSPS) is 14.7. The minimum absolute atomic E-state index is 0.0457. The molecule has 0 spiro atoms. The molecule has 0 aromatic heterocycles. The Kier molecular flexibility index (Phi) is 2.68. The third kappa shape index (κ3) is 2.53. The number of carbonyl (C=O) groups is 1. The molecule has 0 atom stereocenters. The first-order valence-electron chi connectivity index (χ1n) is 4.87. The van der Waals surface area contributed by atoms with Gasteiger partial charge in [0.05, 0.1) is 0 Å². The van der Waals surface area contributed by atoms with Gasteiger partial charge in [-0.3, -0.25) is 4.79 Å². The van der Waals surface area contributed by atoms with E-state index >= 15 is 0 Å². The fourth-order valence-corrected chi connectivity index (χ4v) is 1.44. The smallest absolute Gasteiger partial charge is 0.251 e. The molecule has 1 amide bonds. The van der Waals surface area contributed by atoms with Gasteiger partial charge in [0.25, 0.3) is 5.91 Å². The molecule has 1 saturated carbocycles. The van der Waals surface area contributed by atoms with Gasteiger partial charge in [-0.25, -0.2) is 0 Å². The van der Waals surface area contributed by atoms with Crippen molar-refractivity contribution < 1.29 is 4.79 Å². The molecule has 15 heavy (non-hydrogen) atoms. The number of hydrogen-bond acceptors (Lipinski definition) is 2. The van der Waals surface area contributed by atoms with Crippen LogP contribution in [0.25, 0.3) is 0 Å². The number of benzene rings is 1. The molecule has 3 N–H and O–H groups in total. The predicted molar refractivity (Wildman–Crippen MR) is 62.8 cm³/mol. The molecule has 0 aliphatic heterocycles. The molecule has 0 saturated heterocycles. The molecule has 2 rings (SSSR count). The molecule has 0 unspecified atom stereocenters. The van der Waals surface area contributed by atoms with Crippen molar-refractivity contribution in [2.45, 2.75) is 18.9 Å². The lowest BCUT2D eigenvalue weighted by Crippen LogP contribution is -2.25. The summed E-state index contributed by atoms with van der Waals surface area (Å²) in [5.41, 5.74) is 6.84. The average molecular weight is 220 g/mol. The number of nitrogens with one attached hydrogen (secondary N) is 1. The van der Waals surface area contributed by atoms with E-state index in [0.29, 0.717) is 16.6 Å². The van der Waals surface area contributed by atoms with Crippen molar-refractivity contribution in [1.29, 1.82) is 0 Å². The summed E-state index contributed by atoms with van der Waals surface area (Å²) in [5, 5.41) is 2.91. The van der Waals surface area contributed by atoms with Crippen LogP contribution in [0.4, 0.5) is 0 Å². The Bertz CT molecular complexity index is 413. The highest BCUT2D eigenvalue weighted by molar-refractivity contribution is 7.80. The first kappa shape index (κ1) is 10.1. The summed E-state index contributed by atoms with van der Waals surface area (Å²) in [7, 11) is 0. The number of nitrogens with two attached hydrogens (primary N) is 1. The highest BCUT2D eigenvalue weighted by Crippen LogP contribution is 2.19. The van der Waals surface area contributed by atoms with E-state index in [2.05, 4.69) is 5.32 Å². The van der Waals surface area contributed by atoms with Crippen LogP contribution in [0.15, 0.2) is 24.3 Å². The van der Waals surface area contributed by atoms with Crippen LogP contribution in [0.5, 0.6) is 0 Å². The van der Waals surface area contributed by atoms with Gasteiger partial charge >= 0.3 is 0 Å². The predicted octanol–water partition coefficient (Wildman–Crippen LogP) is 1.21. The van der Waals surface area contributed by atoms with Crippen LogP contribution in [0.1, 0.15) is 28.8 Å². The van der Waals surface area contributed by atoms with Crippen molar-refractivity contribution >= 4 is 23.1 Å². The number of thiocarbonyl (C=S) groups is 1. The van der Waals surface area contributed by atoms with Gasteiger partial charge in [-0.1, -0.05) is 24.4 Å². The zero-order valence-corrected chi connectivity index (χ0v) is 9.01. The maximum Gasteiger partial charge on any atom is 0.251 e. The molecule has 0 radical (unpaired) electrons. The lowest BCUT2D eigenvalue weighted by atomic mass is 10.1. The Balaban J connectivity index is 2.15. The second-order valence-corrected chi connectivity index (χ2v) is 4.13. The second kappa shape index (κ2) is 3.98. The van der Waals surface area contributed by atoms with Crippen LogP contribution in [-0.2, 0) is 0 Å². The summed E-state index contributed by atoms with van der Waals surface area (Å²) in [6.07, 6.45) is 2.17. The number of amides is 1. The molecular formula is C11H12N2OS. The Morgan fingerprint density at radius 2 is 2.07 bits per heavy atom. The van der Waals surface area contributed by atoms with Crippen molar-refractivity contribution in [3.05, 3.63) is 35.4 Å². The largest absolute Gasteiger partial charge is 0.389 e. The fourth-order valence-electron chi connectivity index (χ4n) is 1.31. The van der Waals surface area contributed by atoms with E-state index in [9.17, 15) is 4.79 Å². The molecule has 4 heteroatoms. The van der Waals surface area contributed by atoms with Crippen LogP contribution < -0.4 is 11.1 Å². The number of rotatable bonds is 3. The minimum Gasteiger partial charge on any atom is -0.389 e. The van der Waals surface area contributed by atoms with E-state index in [1.807, 2.05) is 0 Å². The third-order valence-electron chi connectivity index (χ3n) is 2.32. The van der Waals surface area contributed by atoms with Gasteiger partial charge in [-0.05, 0) is 25.0 Å². The minimum atomic E-state index is -0.0457. The van der Waals surface area contributed by atoms with E-state index in [4.69, 9.17) is 18.0 Å². The number of hydrogen-bond donors (Lipinski definition) is 2. The van der Waals surface area contributed by atoms with Crippen molar-refractivity contribution in [3.63, 3.8) is 0 Å². The van der Waals surface area contributed by atoms with E-state index < -0.39 is 0 Å². The standard InChI is InChI=1S/C11H12N2OS/c12-10(15)7-2-1-3-8(6-7)11(14)13-9-4-5-9/h1-3,6,9H,4-5H2,(H2,12,15)(H,13,14). The first-order valence-corrected chi connectivity index (χ1v) is 5.28. The van der Waals surface area contributed by atoms with Gasteiger partial charge in [0.1, 0.15) is 4.99 Å². The lowest BCUT2D eigenvalue weighted by molar-refractivity contribution is 0.0951. The summed E-state index contributed by atoms with van der Waals surface area (Å²) in [4.78, 5) is 12.0. The molecule has 1 aliphatic rings. The van der Waals surface area contributed by atoms with Crippen LogP contribution in [0.2, 0.25) is 0 Å². The Morgan fingerprint density at radius 1 is 1.40 bits per heavy atom. The second-order valence-electron chi connectivity index (χ2n) is 3.69. The van der Waals surface area contributed by atoms with Gasteiger partial charge in [0.2, 0.25) is 0 Å². The molecule has 0 heterocycles. The van der Waals surface area contributed by atoms with E-state index in [0.717, 1.165) is 18.4 Å². The van der Waals surface area contributed by atoms with Gasteiger partial charge < -0.3 is 11.1 Å². The summed E-state index contributed by atoms with van der Waals surface area (Å²) in [6, 6.07) is 7.44. The summed E-state index contributed by atoms with van der Waals surface area (Å²) in [6.45, 7) is 0. The average Bonchev–Trinajstić information content (AvgIpc) is 3.02. The first-order chi connectivity index (χ1) is 7.16. The SMILES string of the molecule is NC(=S)c1cccc(C(=O)NC2CC2)c1. The summed E-state index contributed by atoms with van der Waals surface area (Å²) >= 11 is 4.85. The maximum atomic E-state index is 11.7. The van der Waals surface area contributed by atoms with Crippen LogP contribution in [0, 0.1) is 0 Å². The monoisotopic (exact) mass is 220 g/mol. The molecule has 3 nitrogen and oxygen atoms in total. The Hall–Kier alpha value is -1.42. The molecular weight excluding hydrogens is 208 g/mol. The molecule has 78 valence electrons. The Morgan fingerprint density at radius 3 is 2.67 bits per heavy atom. The molecule has 1 aromatic rings. The van der Waals surface area contributed by atoms with Gasteiger partial charge in [0.15, 0.2) is 0 Å². The van der Waals surface area contributed by atoms with Crippen LogP contribution >= 0.6 is 12.2 Å². The van der Waals surface area contributed by atoms with Crippen molar-refractivity contribution in [2.24, 2.45) is 5.73 Å². The van der Waals surface area contributed by atoms with Crippen LogP contribution in [-0.4, -0.2) is 16.9 Å². The Labute approximate surface area is 93.7 Å². The highest BCUT2D eigenvalue weighted by Gasteiger charge is 2.23. The van der Waals surface area contributed by atoms with Crippen molar-refractivity contribution in [2.75, 3.05) is 0 Å². The molecule has 1 fully saturated rings.